The minimum atomic E-state index is -4.38. The Balaban J connectivity index is 1.92. The quantitative estimate of drug-likeness (QED) is 0.919. The normalized spacial score (nSPS) is 19.4. The highest BCUT2D eigenvalue weighted by molar-refractivity contribution is 5.94. The minimum absolute atomic E-state index is 0.0124. The molecule has 0 aliphatic carbocycles. The summed E-state index contributed by atoms with van der Waals surface area (Å²) in [6.07, 6.45) is -2.50. The van der Waals surface area contributed by atoms with Gasteiger partial charge in [-0.25, -0.2) is 0 Å². The number of hydrogen-bond acceptors (Lipinski definition) is 2. The summed E-state index contributed by atoms with van der Waals surface area (Å²) in [7, 11) is 0. The molecule has 104 valence electrons. The maximum Gasteiger partial charge on any atom is 0.416 e. The highest BCUT2D eigenvalue weighted by Gasteiger charge is 2.30. The number of ether oxygens (including phenoxy) is 1. The molecule has 1 fully saturated rings. The lowest BCUT2D eigenvalue weighted by atomic mass is 10.1. The van der Waals surface area contributed by atoms with Crippen LogP contribution in [0.2, 0.25) is 0 Å². The number of alkyl halides is 3. The number of nitrogens with one attached hydrogen (secondary N) is 1. The molecule has 1 saturated heterocycles. The summed E-state index contributed by atoms with van der Waals surface area (Å²) in [6, 6.07) is 4.16. The van der Waals surface area contributed by atoms with Gasteiger partial charge in [0, 0.05) is 18.7 Å². The molecule has 0 bridgehead atoms. The lowest BCUT2D eigenvalue weighted by Crippen LogP contribution is -2.31. The molecule has 0 aromatic heterocycles. The van der Waals surface area contributed by atoms with Gasteiger partial charge < -0.3 is 10.1 Å². The molecule has 1 atom stereocenters. The van der Waals surface area contributed by atoms with Crippen LogP contribution in [0.5, 0.6) is 0 Å². The van der Waals surface area contributed by atoms with Crippen LogP contribution in [-0.2, 0) is 10.9 Å². The van der Waals surface area contributed by atoms with Crippen molar-refractivity contribution >= 4 is 5.91 Å². The van der Waals surface area contributed by atoms with Gasteiger partial charge in [0.15, 0.2) is 0 Å². The van der Waals surface area contributed by atoms with Crippen molar-refractivity contribution in [3.05, 3.63) is 35.4 Å². The molecule has 0 spiro atoms. The summed E-state index contributed by atoms with van der Waals surface area (Å²) in [5.74, 6) is -0.385. The second-order valence-electron chi connectivity index (χ2n) is 4.42. The summed E-state index contributed by atoms with van der Waals surface area (Å²) in [5, 5.41) is 2.65. The SMILES string of the molecule is O=C(NC[C@@H]1CCCO1)c1ccc(C(F)(F)F)cc1. The fourth-order valence-electron chi connectivity index (χ4n) is 1.92. The predicted molar refractivity (Wildman–Crippen MR) is 62.8 cm³/mol. The van der Waals surface area contributed by atoms with Gasteiger partial charge in [0.1, 0.15) is 0 Å². The fraction of sp³-hybridized carbons (Fsp3) is 0.462. The first-order valence-electron chi connectivity index (χ1n) is 6.04. The molecular formula is C13H14F3NO2. The maximum absolute atomic E-state index is 12.4. The Kier molecular flexibility index (Phi) is 4.09. The van der Waals surface area contributed by atoms with E-state index in [0.717, 1.165) is 25.0 Å². The van der Waals surface area contributed by atoms with Gasteiger partial charge in [-0.15, -0.1) is 0 Å². The number of carbonyl (C=O) groups excluding carboxylic acids is 1. The van der Waals surface area contributed by atoms with E-state index in [4.69, 9.17) is 4.74 Å². The van der Waals surface area contributed by atoms with Crippen LogP contribution in [-0.4, -0.2) is 25.2 Å². The lowest BCUT2D eigenvalue weighted by molar-refractivity contribution is -0.137. The number of benzene rings is 1. The van der Waals surface area contributed by atoms with Crippen molar-refractivity contribution in [1.29, 1.82) is 0 Å². The third-order valence-electron chi connectivity index (χ3n) is 2.99. The molecule has 19 heavy (non-hydrogen) atoms. The topological polar surface area (TPSA) is 38.3 Å². The zero-order valence-electron chi connectivity index (χ0n) is 10.2. The molecule has 1 aromatic carbocycles. The number of hydrogen-bond donors (Lipinski definition) is 1. The molecule has 1 aliphatic heterocycles. The van der Waals surface area contributed by atoms with Gasteiger partial charge in [-0.1, -0.05) is 0 Å². The Hall–Kier alpha value is -1.56. The predicted octanol–water partition coefficient (Wildman–Crippen LogP) is 2.61. The van der Waals surface area contributed by atoms with E-state index in [1.165, 1.54) is 12.1 Å². The highest BCUT2D eigenvalue weighted by atomic mass is 19.4. The van der Waals surface area contributed by atoms with E-state index in [-0.39, 0.29) is 17.6 Å². The largest absolute Gasteiger partial charge is 0.416 e. The first kappa shape index (κ1) is 13.9. The smallest absolute Gasteiger partial charge is 0.376 e. The average molecular weight is 273 g/mol. The van der Waals surface area contributed by atoms with Gasteiger partial charge in [-0.05, 0) is 37.1 Å². The van der Waals surface area contributed by atoms with Crippen molar-refractivity contribution < 1.29 is 22.7 Å². The van der Waals surface area contributed by atoms with Gasteiger partial charge in [0.2, 0.25) is 0 Å². The van der Waals surface area contributed by atoms with E-state index in [0.29, 0.717) is 13.2 Å². The number of halogens is 3. The fourth-order valence-corrected chi connectivity index (χ4v) is 1.92. The Morgan fingerprint density at radius 1 is 1.32 bits per heavy atom. The molecule has 1 amide bonds. The van der Waals surface area contributed by atoms with Crippen LogP contribution in [0.4, 0.5) is 13.2 Å². The molecule has 6 heteroatoms. The molecule has 1 heterocycles. The van der Waals surface area contributed by atoms with Gasteiger partial charge in [-0.3, -0.25) is 4.79 Å². The molecule has 1 N–H and O–H groups in total. The summed E-state index contributed by atoms with van der Waals surface area (Å²) < 4.78 is 42.4. The monoisotopic (exact) mass is 273 g/mol. The van der Waals surface area contributed by atoms with Crippen molar-refractivity contribution in [2.24, 2.45) is 0 Å². The Bertz CT molecular complexity index is 436. The number of amides is 1. The van der Waals surface area contributed by atoms with Gasteiger partial charge in [-0.2, -0.15) is 13.2 Å². The van der Waals surface area contributed by atoms with E-state index >= 15 is 0 Å². The third-order valence-corrected chi connectivity index (χ3v) is 2.99. The van der Waals surface area contributed by atoms with Crippen LogP contribution < -0.4 is 5.32 Å². The first-order chi connectivity index (χ1) is 8.97. The molecule has 0 saturated carbocycles. The molecule has 0 unspecified atom stereocenters. The molecule has 2 rings (SSSR count). The summed E-state index contributed by atoms with van der Waals surface area (Å²) in [6.45, 7) is 1.08. The van der Waals surface area contributed by atoms with Crippen molar-refractivity contribution in [3.8, 4) is 0 Å². The van der Waals surface area contributed by atoms with Crippen LogP contribution in [0.15, 0.2) is 24.3 Å². The Labute approximate surface area is 108 Å². The molecule has 1 aromatic rings. The maximum atomic E-state index is 12.4. The Morgan fingerprint density at radius 2 is 2.00 bits per heavy atom. The summed E-state index contributed by atoms with van der Waals surface area (Å²) >= 11 is 0. The van der Waals surface area contributed by atoms with Crippen LogP contribution in [0.1, 0.15) is 28.8 Å². The van der Waals surface area contributed by atoms with Gasteiger partial charge in [0.05, 0.1) is 11.7 Å². The summed E-state index contributed by atoms with van der Waals surface area (Å²) in [4.78, 5) is 11.7. The number of carbonyl (C=O) groups is 1. The van der Waals surface area contributed by atoms with Crippen molar-refractivity contribution in [3.63, 3.8) is 0 Å². The van der Waals surface area contributed by atoms with Crippen molar-refractivity contribution in [1.82, 2.24) is 5.32 Å². The second kappa shape index (κ2) is 5.61. The van der Waals surface area contributed by atoms with Crippen LogP contribution in [0, 0.1) is 0 Å². The zero-order chi connectivity index (χ0) is 13.9. The van der Waals surface area contributed by atoms with E-state index in [1.807, 2.05) is 0 Å². The third kappa shape index (κ3) is 3.70. The first-order valence-corrected chi connectivity index (χ1v) is 6.04. The zero-order valence-corrected chi connectivity index (χ0v) is 10.2. The standard InChI is InChI=1S/C13H14F3NO2/c14-13(15,16)10-5-3-9(4-6-10)12(18)17-8-11-2-1-7-19-11/h3-6,11H,1-2,7-8H2,(H,17,18)/t11-/m0/s1. The van der Waals surface area contributed by atoms with Crippen molar-refractivity contribution in [2.75, 3.05) is 13.2 Å². The average Bonchev–Trinajstić information content (AvgIpc) is 2.88. The van der Waals surface area contributed by atoms with E-state index in [9.17, 15) is 18.0 Å². The van der Waals surface area contributed by atoms with Crippen LogP contribution >= 0.6 is 0 Å². The van der Waals surface area contributed by atoms with Crippen LogP contribution in [0.3, 0.4) is 0 Å². The van der Waals surface area contributed by atoms with E-state index in [2.05, 4.69) is 5.32 Å². The number of rotatable bonds is 3. The van der Waals surface area contributed by atoms with E-state index in [1.54, 1.807) is 0 Å². The summed E-state index contributed by atoms with van der Waals surface area (Å²) in [5.41, 5.74) is -0.547. The molecule has 3 nitrogen and oxygen atoms in total. The molecule has 0 radical (unpaired) electrons. The Morgan fingerprint density at radius 3 is 2.53 bits per heavy atom. The lowest BCUT2D eigenvalue weighted by Gasteiger charge is -2.11. The van der Waals surface area contributed by atoms with Crippen LogP contribution in [0.25, 0.3) is 0 Å². The van der Waals surface area contributed by atoms with Gasteiger partial charge >= 0.3 is 6.18 Å². The van der Waals surface area contributed by atoms with Crippen molar-refractivity contribution in [2.45, 2.75) is 25.1 Å². The molecule has 1 aliphatic rings. The second-order valence-corrected chi connectivity index (χ2v) is 4.42. The highest BCUT2D eigenvalue weighted by Crippen LogP contribution is 2.29. The molecular weight excluding hydrogens is 259 g/mol. The van der Waals surface area contributed by atoms with E-state index < -0.39 is 11.7 Å². The van der Waals surface area contributed by atoms with Gasteiger partial charge in [0.25, 0.3) is 5.91 Å². The minimum Gasteiger partial charge on any atom is -0.376 e.